The lowest BCUT2D eigenvalue weighted by Crippen LogP contribution is -2.31. The molecule has 0 aliphatic heterocycles. The summed E-state index contributed by atoms with van der Waals surface area (Å²) in [7, 11) is 0. The smallest absolute Gasteiger partial charge is 0.0543 e. The molecule has 3 aliphatic rings. The van der Waals surface area contributed by atoms with Gasteiger partial charge in [-0.25, -0.2) is 0 Å². The second-order valence-corrected chi connectivity index (χ2v) is 12.9. The third kappa shape index (κ3) is 3.78. The molecule has 0 unspecified atom stereocenters. The first kappa shape index (κ1) is 25.6. The second kappa shape index (κ2) is 10.1. The normalized spacial score (nSPS) is 20.9. The van der Waals surface area contributed by atoms with E-state index in [1.165, 1.54) is 76.1 Å². The van der Waals surface area contributed by atoms with Crippen LogP contribution in [0.5, 0.6) is 0 Å². The number of benzene rings is 6. The van der Waals surface area contributed by atoms with Crippen molar-refractivity contribution in [1.29, 1.82) is 0 Å². The van der Waals surface area contributed by atoms with Crippen molar-refractivity contribution in [3.8, 4) is 33.4 Å². The molecule has 2 bridgehead atoms. The van der Waals surface area contributed by atoms with Gasteiger partial charge in [-0.2, -0.15) is 0 Å². The molecule has 3 atom stereocenters. The van der Waals surface area contributed by atoms with Gasteiger partial charge in [0.05, 0.1) is 11.4 Å². The molecule has 1 heteroatoms. The van der Waals surface area contributed by atoms with Gasteiger partial charge >= 0.3 is 0 Å². The summed E-state index contributed by atoms with van der Waals surface area (Å²) < 4.78 is 0. The molecule has 1 nitrogen and oxygen atoms in total. The predicted molar refractivity (Wildman–Crippen MR) is 184 cm³/mol. The minimum Gasteiger partial charge on any atom is -0.309 e. The first-order valence-electron chi connectivity index (χ1n) is 16.1. The van der Waals surface area contributed by atoms with Crippen LogP contribution in [-0.4, -0.2) is 0 Å². The molecule has 0 N–H and O–H groups in total. The van der Waals surface area contributed by atoms with Crippen molar-refractivity contribution in [1.82, 2.24) is 0 Å². The highest BCUT2D eigenvalue weighted by molar-refractivity contribution is 5.98. The highest BCUT2D eigenvalue weighted by Crippen LogP contribution is 2.67. The molecule has 0 saturated heterocycles. The van der Waals surface area contributed by atoms with Crippen LogP contribution in [0, 0.1) is 11.8 Å². The molecule has 6 aromatic carbocycles. The summed E-state index contributed by atoms with van der Waals surface area (Å²) in [5.74, 6) is 1.59. The van der Waals surface area contributed by atoms with Gasteiger partial charge in [0.1, 0.15) is 0 Å². The Morgan fingerprint density at radius 1 is 0.477 bits per heavy atom. The van der Waals surface area contributed by atoms with Crippen molar-refractivity contribution in [2.45, 2.75) is 31.1 Å². The summed E-state index contributed by atoms with van der Waals surface area (Å²) in [5, 5.41) is 0. The maximum Gasteiger partial charge on any atom is 0.0543 e. The van der Waals surface area contributed by atoms with Crippen LogP contribution in [0.2, 0.25) is 0 Å². The third-order valence-electron chi connectivity index (χ3n) is 10.8. The first-order chi connectivity index (χ1) is 21.8. The van der Waals surface area contributed by atoms with E-state index in [0.717, 1.165) is 11.8 Å². The Kier molecular flexibility index (Phi) is 5.88. The molecule has 0 aromatic heterocycles. The van der Waals surface area contributed by atoms with Crippen molar-refractivity contribution in [2.75, 3.05) is 4.90 Å². The van der Waals surface area contributed by atoms with Crippen molar-refractivity contribution < 1.29 is 0 Å². The summed E-state index contributed by atoms with van der Waals surface area (Å²) in [4.78, 5) is 2.53. The molecule has 0 heterocycles. The Bertz CT molecular complexity index is 1970. The van der Waals surface area contributed by atoms with E-state index in [2.05, 4.69) is 157 Å². The summed E-state index contributed by atoms with van der Waals surface area (Å²) in [5.41, 5.74) is 14.7. The van der Waals surface area contributed by atoms with Gasteiger partial charge < -0.3 is 4.90 Å². The Morgan fingerprint density at radius 2 is 1.09 bits per heavy atom. The van der Waals surface area contributed by atoms with E-state index in [0.29, 0.717) is 0 Å². The van der Waals surface area contributed by atoms with Gasteiger partial charge in [-0.15, -0.1) is 0 Å². The largest absolute Gasteiger partial charge is 0.309 e. The molecule has 0 radical (unpaired) electrons. The number of hydrogen-bond donors (Lipinski definition) is 0. The first-order valence-corrected chi connectivity index (χ1v) is 16.1. The van der Waals surface area contributed by atoms with Crippen molar-refractivity contribution >= 4 is 17.1 Å². The fraction of sp³-hybridized carbons (Fsp3) is 0.163. The van der Waals surface area contributed by atoms with Gasteiger partial charge in [-0.1, -0.05) is 134 Å². The number of fused-ring (bicyclic) bond motifs is 8. The van der Waals surface area contributed by atoms with Crippen LogP contribution in [0.3, 0.4) is 0 Å². The maximum atomic E-state index is 2.53. The zero-order chi connectivity index (χ0) is 29.1. The second-order valence-electron chi connectivity index (χ2n) is 12.9. The van der Waals surface area contributed by atoms with E-state index in [1.54, 1.807) is 11.1 Å². The van der Waals surface area contributed by atoms with Crippen molar-refractivity contribution in [2.24, 2.45) is 11.8 Å². The molecule has 0 amide bonds. The zero-order valence-electron chi connectivity index (χ0n) is 24.9. The van der Waals surface area contributed by atoms with Gasteiger partial charge in [-0.3, -0.25) is 0 Å². The van der Waals surface area contributed by atoms with Crippen molar-refractivity contribution in [3.05, 3.63) is 163 Å². The molecule has 2 saturated carbocycles. The van der Waals surface area contributed by atoms with Gasteiger partial charge in [0.15, 0.2) is 0 Å². The van der Waals surface area contributed by atoms with Gasteiger partial charge in [0, 0.05) is 22.2 Å². The summed E-state index contributed by atoms with van der Waals surface area (Å²) >= 11 is 0. The van der Waals surface area contributed by atoms with E-state index in [-0.39, 0.29) is 5.41 Å². The number of hydrogen-bond acceptors (Lipinski definition) is 1. The SMILES string of the molecule is c1ccc(-c2ccc(N(c3ccccc3-c3ccccc3)c3cccc4c3-c3ccccc3[C@]43C[C@H]4CC[C@@H]3C4)cc2)cc1. The maximum absolute atomic E-state index is 2.53. The fourth-order valence-electron chi connectivity index (χ4n) is 8.98. The molecular formula is C43H35N. The van der Waals surface area contributed by atoms with Gasteiger partial charge in [0.25, 0.3) is 0 Å². The molecule has 212 valence electrons. The highest BCUT2D eigenvalue weighted by Gasteiger charge is 2.57. The Morgan fingerprint density at radius 3 is 1.82 bits per heavy atom. The predicted octanol–water partition coefficient (Wildman–Crippen LogP) is 11.6. The lowest BCUT2D eigenvalue weighted by Gasteiger charge is -2.37. The average Bonchev–Trinajstić information content (AvgIpc) is 3.80. The molecule has 44 heavy (non-hydrogen) atoms. The lowest BCUT2D eigenvalue weighted by atomic mass is 9.67. The highest BCUT2D eigenvalue weighted by atomic mass is 15.1. The average molecular weight is 566 g/mol. The van der Waals surface area contributed by atoms with Crippen LogP contribution >= 0.6 is 0 Å². The van der Waals surface area contributed by atoms with Crippen LogP contribution < -0.4 is 4.90 Å². The molecule has 6 aromatic rings. The van der Waals surface area contributed by atoms with Crippen molar-refractivity contribution in [3.63, 3.8) is 0 Å². The minimum atomic E-state index is 0.145. The van der Waals surface area contributed by atoms with Crippen LogP contribution in [-0.2, 0) is 5.41 Å². The van der Waals surface area contributed by atoms with Gasteiger partial charge in [0.2, 0.25) is 0 Å². The summed E-state index contributed by atoms with van der Waals surface area (Å²) in [6, 6.07) is 56.0. The molecule has 3 aliphatic carbocycles. The number of para-hydroxylation sites is 1. The Balaban J connectivity index is 1.29. The van der Waals surface area contributed by atoms with Crippen LogP contribution in [0.15, 0.2) is 152 Å². The molecular weight excluding hydrogens is 530 g/mol. The van der Waals surface area contributed by atoms with E-state index in [4.69, 9.17) is 0 Å². The van der Waals surface area contributed by atoms with Gasteiger partial charge in [-0.05, 0) is 88.7 Å². The summed E-state index contributed by atoms with van der Waals surface area (Å²) in [6.45, 7) is 0. The van der Waals surface area contributed by atoms with Crippen LogP contribution in [0.1, 0.15) is 36.8 Å². The fourth-order valence-corrected chi connectivity index (χ4v) is 8.98. The standard InChI is InChI=1S/C43H35N/c1-3-12-31(13-4-1)32-23-26-35(27-24-32)44(40-20-10-8-16-36(40)33-14-5-2-6-15-33)41-21-11-19-39-42(41)37-17-7-9-18-38(37)43(39)29-30-22-25-34(43)28-30/h1-21,23-24,26-27,30,34H,22,25,28-29H2/t30-,34+,43+/m0/s1. The third-order valence-corrected chi connectivity index (χ3v) is 10.8. The molecule has 1 spiro atoms. The lowest BCUT2D eigenvalue weighted by molar-refractivity contribution is 0.327. The monoisotopic (exact) mass is 565 g/mol. The Hall–Kier alpha value is -4.88. The molecule has 2 fully saturated rings. The van der Waals surface area contributed by atoms with E-state index < -0.39 is 0 Å². The zero-order valence-corrected chi connectivity index (χ0v) is 24.9. The van der Waals surface area contributed by atoms with Crippen LogP contribution in [0.25, 0.3) is 33.4 Å². The minimum absolute atomic E-state index is 0.145. The number of rotatable bonds is 5. The van der Waals surface area contributed by atoms with E-state index in [1.807, 2.05) is 0 Å². The van der Waals surface area contributed by atoms with Crippen LogP contribution in [0.4, 0.5) is 17.1 Å². The number of anilines is 3. The van der Waals surface area contributed by atoms with E-state index >= 15 is 0 Å². The molecule has 9 rings (SSSR count). The number of nitrogens with zero attached hydrogens (tertiary/aromatic N) is 1. The quantitative estimate of drug-likeness (QED) is 0.201. The summed E-state index contributed by atoms with van der Waals surface area (Å²) in [6.07, 6.45) is 5.41. The van der Waals surface area contributed by atoms with E-state index in [9.17, 15) is 0 Å². The topological polar surface area (TPSA) is 3.24 Å². The Labute approximate surface area is 260 Å².